The highest BCUT2D eigenvalue weighted by molar-refractivity contribution is 6.05. The van der Waals surface area contributed by atoms with Crippen molar-refractivity contribution in [3.8, 4) is 5.75 Å². The first kappa shape index (κ1) is 20.8. The quantitative estimate of drug-likeness (QED) is 0.632. The Labute approximate surface area is 189 Å². The number of carbonyl (C=O) groups is 1. The molecule has 2 aliphatic rings. The molecule has 1 amide bonds. The Hall–Kier alpha value is -3.12. The van der Waals surface area contributed by atoms with E-state index in [1.165, 1.54) is 0 Å². The van der Waals surface area contributed by atoms with E-state index < -0.39 is 0 Å². The van der Waals surface area contributed by atoms with E-state index in [0.29, 0.717) is 11.7 Å². The van der Waals surface area contributed by atoms with Crippen LogP contribution in [0.3, 0.4) is 0 Å². The van der Waals surface area contributed by atoms with Crippen LogP contribution in [0.5, 0.6) is 5.75 Å². The normalized spacial score (nSPS) is 19.8. The van der Waals surface area contributed by atoms with Crippen molar-refractivity contribution in [3.63, 3.8) is 0 Å². The van der Waals surface area contributed by atoms with Crippen LogP contribution in [0, 0.1) is 0 Å². The zero-order chi connectivity index (χ0) is 21.9. The Morgan fingerprint density at radius 3 is 2.59 bits per heavy atom. The number of hydrogen-bond acceptors (Lipinski definition) is 5. The van der Waals surface area contributed by atoms with Crippen LogP contribution < -0.4 is 9.64 Å². The summed E-state index contributed by atoms with van der Waals surface area (Å²) in [5.74, 6) is 0.983. The summed E-state index contributed by atoms with van der Waals surface area (Å²) in [4.78, 5) is 24.8. The maximum absolute atomic E-state index is 13.4. The summed E-state index contributed by atoms with van der Waals surface area (Å²) >= 11 is 0. The molecule has 2 fully saturated rings. The van der Waals surface area contributed by atoms with Crippen molar-refractivity contribution in [3.05, 3.63) is 66.5 Å². The molecule has 166 valence electrons. The lowest BCUT2D eigenvalue weighted by molar-refractivity contribution is 0.0560. The molecular weight excluding hydrogens is 400 g/mol. The number of piperazine rings is 1. The molecule has 5 rings (SSSR count). The number of anilines is 1. The number of amides is 1. The lowest BCUT2D eigenvalue weighted by Crippen LogP contribution is -2.56. The minimum atomic E-state index is 0.0548. The number of aromatic nitrogens is 1. The Balaban J connectivity index is 1.25. The van der Waals surface area contributed by atoms with Crippen LogP contribution in [0.4, 0.5) is 5.69 Å². The van der Waals surface area contributed by atoms with Crippen molar-refractivity contribution in [1.29, 1.82) is 0 Å². The number of likely N-dealkylation sites (tertiary alicyclic amines) is 1. The van der Waals surface area contributed by atoms with E-state index in [0.717, 1.165) is 74.3 Å². The van der Waals surface area contributed by atoms with Crippen LogP contribution >= 0.6 is 0 Å². The van der Waals surface area contributed by atoms with Crippen LogP contribution in [-0.2, 0) is 0 Å². The number of nitrogens with zero attached hydrogens (tertiary/aromatic N) is 4. The number of piperidine rings is 1. The number of ether oxygens (including phenoxy) is 1. The molecule has 0 aliphatic carbocycles. The highest BCUT2D eigenvalue weighted by Gasteiger charge is 2.31. The number of methoxy groups -OCH3 is 1. The molecule has 2 aromatic carbocycles. The van der Waals surface area contributed by atoms with Crippen LogP contribution in [-0.4, -0.2) is 73.1 Å². The molecule has 0 bridgehead atoms. The molecule has 1 aromatic heterocycles. The smallest absolute Gasteiger partial charge is 0.273 e. The highest BCUT2D eigenvalue weighted by Crippen LogP contribution is 2.29. The zero-order valence-electron chi connectivity index (χ0n) is 18.6. The molecule has 2 aliphatic heterocycles. The minimum absolute atomic E-state index is 0.0548. The first-order valence-corrected chi connectivity index (χ1v) is 11.5. The molecule has 0 spiro atoms. The molecular formula is C26H30N4O2. The summed E-state index contributed by atoms with van der Waals surface area (Å²) < 4.78 is 5.55. The zero-order valence-corrected chi connectivity index (χ0v) is 18.6. The summed E-state index contributed by atoms with van der Waals surface area (Å²) in [7, 11) is 1.73. The van der Waals surface area contributed by atoms with Gasteiger partial charge in [0.05, 0.1) is 12.8 Å². The van der Waals surface area contributed by atoms with Gasteiger partial charge in [-0.15, -0.1) is 0 Å². The van der Waals surface area contributed by atoms with E-state index in [1.807, 2.05) is 47.4 Å². The molecule has 2 saturated heterocycles. The van der Waals surface area contributed by atoms with E-state index in [4.69, 9.17) is 4.74 Å². The van der Waals surface area contributed by atoms with Gasteiger partial charge in [-0.1, -0.05) is 36.4 Å². The molecule has 32 heavy (non-hydrogen) atoms. The van der Waals surface area contributed by atoms with Crippen LogP contribution in [0.1, 0.15) is 23.3 Å². The summed E-state index contributed by atoms with van der Waals surface area (Å²) in [6.07, 6.45) is 3.92. The molecule has 3 heterocycles. The average Bonchev–Trinajstić information content (AvgIpc) is 2.88. The Kier molecular flexibility index (Phi) is 5.95. The van der Waals surface area contributed by atoms with Crippen molar-refractivity contribution in [1.82, 2.24) is 14.8 Å². The SMILES string of the molecule is COc1ccccc1N1CCN([C@H]2CCCN(C(=O)c3nccc4ccccc34)C2)CC1. The lowest BCUT2D eigenvalue weighted by Gasteiger charge is -2.44. The fourth-order valence-corrected chi connectivity index (χ4v) is 5.10. The minimum Gasteiger partial charge on any atom is -0.495 e. The van der Waals surface area contributed by atoms with E-state index in [1.54, 1.807) is 13.3 Å². The third-order valence-corrected chi connectivity index (χ3v) is 6.82. The van der Waals surface area contributed by atoms with Gasteiger partial charge in [0.25, 0.3) is 5.91 Å². The largest absolute Gasteiger partial charge is 0.495 e. The van der Waals surface area contributed by atoms with Gasteiger partial charge in [-0.05, 0) is 36.4 Å². The molecule has 0 saturated carbocycles. The summed E-state index contributed by atoms with van der Waals surface area (Å²) in [5.41, 5.74) is 1.74. The number of para-hydroxylation sites is 2. The highest BCUT2D eigenvalue weighted by atomic mass is 16.5. The number of carbonyl (C=O) groups excluding carboxylic acids is 1. The predicted molar refractivity (Wildman–Crippen MR) is 127 cm³/mol. The van der Waals surface area contributed by atoms with E-state index in [-0.39, 0.29) is 5.91 Å². The molecule has 3 aromatic rings. The van der Waals surface area contributed by atoms with Crippen molar-refractivity contribution < 1.29 is 9.53 Å². The monoisotopic (exact) mass is 430 g/mol. The third-order valence-electron chi connectivity index (χ3n) is 6.82. The van der Waals surface area contributed by atoms with Crippen LogP contribution in [0.25, 0.3) is 10.8 Å². The van der Waals surface area contributed by atoms with Crippen molar-refractivity contribution in [2.75, 3.05) is 51.3 Å². The number of pyridine rings is 1. The molecule has 6 heteroatoms. The van der Waals surface area contributed by atoms with Crippen LogP contribution in [0.15, 0.2) is 60.8 Å². The van der Waals surface area contributed by atoms with Gasteiger partial charge in [0.15, 0.2) is 0 Å². The molecule has 6 nitrogen and oxygen atoms in total. The fourth-order valence-electron chi connectivity index (χ4n) is 5.10. The van der Waals surface area contributed by atoms with Gasteiger partial charge in [0.1, 0.15) is 11.4 Å². The summed E-state index contributed by atoms with van der Waals surface area (Å²) in [6, 6.07) is 18.6. The van der Waals surface area contributed by atoms with Gasteiger partial charge in [-0.2, -0.15) is 0 Å². The third kappa shape index (κ3) is 4.02. The number of hydrogen-bond donors (Lipinski definition) is 0. The Morgan fingerprint density at radius 2 is 1.75 bits per heavy atom. The van der Waals surface area contributed by atoms with Gasteiger partial charge in [0.2, 0.25) is 0 Å². The van der Waals surface area contributed by atoms with Gasteiger partial charge in [-0.25, -0.2) is 0 Å². The van der Waals surface area contributed by atoms with E-state index in [9.17, 15) is 4.79 Å². The second kappa shape index (κ2) is 9.17. The summed E-state index contributed by atoms with van der Waals surface area (Å²) in [6.45, 7) is 5.51. The number of benzene rings is 2. The van der Waals surface area contributed by atoms with Crippen molar-refractivity contribution in [2.45, 2.75) is 18.9 Å². The first-order valence-electron chi connectivity index (χ1n) is 11.5. The Morgan fingerprint density at radius 1 is 0.969 bits per heavy atom. The van der Waals surface area contributed by atoms with Gasteiger partial charge < -0.3 is 14.5 Å². The summed E-state index contributed by atoms with van der Waals surface area (Å²) in [5, 5.41) is 2.00. The average molecular weight is 431 g/mol. The second-order valence-electron chi connectivity index (χ2n) is 8.62. The van der Waals surface area contributed by atoms with Crippen molar-refractivity contribution >= 4 is 22.4 Å². The second-order valence-corrected chi connectivity index (χ2v) is 8.62. The first-order chi connectivity index (χ1) is 15.7. The molecule has 0 unspecified atom stereocenters. The van der Waals surface area contributed by atoms with Gasteiger partial charge >= 0.3 is 0 Å². The topological polar surface area (TPSA) is 48.9 Å². The van der Waals surface area contributed by atoms with Gasteiger partial charge in [0, 0.05) is 56.9 Å². The predicted octanol–water partition coefficient (Wildman–Crippen LogP) is 3.67. The van der Waals surface area contributed by atoms with E-state index >= 15 is 0 Å². The van der Waals surface area contributed by atoms with Crippen LogP contribution in [0.2, 0.25) is 0 Å². The molecule has 1 atom stereocenters. The molecule has 0 radical (unpaired) electrons. The standard InChI is InChI=1S/C26H30N4O2/c1-32-24-11-5-4-10-23(24)29-17-15-28(16-18-29)21-8-6-14-30(19-21)26(31)25-22-9-3-2-7-20(22)12-13-27-25/h2-5,7,9-13,21H,6,8,14-19H2,1H3/t21-/m0/s1. The number of fused-ring (bicyclic) bond motifs is 1. The van der Waals surface area contributed by atoms with E-state index in [2.05, 4.69) is 26.9 Å². The van der Waals surface area contributed by atoms with Gasteiger partial charge in [-0.3, -0.25) is 14.7 Å². The Bertz CT molecular complexity index is 1090. The maximum Gasteiger partial charge on any atom is 0.273 e. The lowest BCUT2D eigenvalue weighted by atomic mass is 10.0. The number of rotatable bonds is 4. The maximum atomic E-state index is 13.4. The fraction of sp³-hybridized carbons (Fsp3) is 0.385. The molecule has 0 N–H and O–H groups in total. The van der Waals surface area contributed by atoms with Crippen molar-refractivity contribution in [2.24, 2.45) is 0 Å².